The summed E-state index contributed by atoms with van der Waals surface area (Å²) in [5.74, 6) is -6.97. The van der Waals surface area contributed by atoms with E-state index in [1.165, 1.54) is 54.8 Å². The van der Waals surface area contributed by atoms with E-state index in [4.69, 9.17) is 21.4 Å². The Balaban J connectivity index is 0.000000294. The maximum atomic E-state index is 13.5. The number of anilines is 4. The summed E-state index contributed by atoms with van der Waals surface area (Å²) in [6.07, 6.45) is -8.78. The number of amides is 3. The summed E-state index contributed by atoms with van der Waals surface area (Å²) >= 11 is 0. The van der Waals surface area contributed by atoms with Crippen molar-refractivity contribution in [3.8, 4) is 12.1 Å². The van der Waals surface area contributed by atoms with Gasteiger partial charge in [-0.25, -0.2) is 9.18 Å². The number of hydrogen-bond acceptors (Lipinski definition) is 8. The van der Waals surface area contributed by atoms with Crippen LogP contribution in [0.4, 0.5) is 53.5 Å². The van der Waals surface area contributed by atoms with Crippen LogP contribution in [0.15, 0.2) is 83.5 Å². The first kappa shape index (κ1) is 38.3. The number of carbonyl (C=O) groups excluding carboxylic acids is 3. The highest BCUT2D eigenvalue weighted by atomic mass is 19.4. The Hall–Kier alpha value is -6.89. The van der Waals surface area contributed by atoms with E-state index in [0.29, 0.717) is 0 Å². The number of hydrogen-bond donors (Lipinski definition) is 5. The zero-order chi connectivity index (χ0) is 36.9. The van der Waals surface area contributed by atoms with Crippen molar-refractivity contribution in [3.05, 3.63) is 107 Å². The van der Waals surface area contributed by atoms with Gasteiger partial charge in [0.1, 0.15) is 18.0 Å². The van der Waals surface area contributed by atoms with Gasteiger partial charge in [-0.05, 0) is 60.7 Å². The zero-order valence-electron chi connectivity index (χ0n) is 24.1. The van der Waals surface area contributed by atoms with Crippen LogP contribution in [0.5, 0.6) is 0 Å². The predicted molar refractivity (Wildman–Crippen MR) is 156 cm³/mol. The van der Waals surface area contributed by atoms with Crippen molar-refractivity contribution in [2.24, 2.45) is 0 Å². The number of furan rings is 1. The molecule has 0 fully saturated rings. The smallest absolute Gasteiger partial charge is 0.471 e. The van der Waals surface area contributed by atoms with E-state index >= 15 is 0 Å². The monoisotopic (exact) mass is 692 g/mol. The lowest BCUT2D eigenvalue weighted by molar-refractivity contribution is -0.167. The SMILES string of the molecule is N#Cc1cc(N)ccc1NC(=O)C(F)(F)F.N#Cc1cc(NC(=O)c2ccccc2F)ccc1NC(=O)C(F)(F)F.O=C(O)c1ccco1. The third-order valence-corrected chi connectivity index (χ3v) is 5.42. The molecule has 0 saturated carbocycles. The fourth-order valence-electron chi connectivity index (χ4n) is 3.22. The van der Waals surface area contributed by atoms with Gasteiger partial charge in [0.25, 0.3) is 5.91 Å². The Kier molecular flexibility index (Phi) is 13.0. The predicted octanol–water partition coefficient (Wildman–Crippen LogP) is 6.07. The number of carbonyl (C=O) groups is 4. The summed E-state index contributed by atoms with van der Waals surface area (Å²) in [7, 11) is 0. The number of nitriles is 2. The highest BCUT2D eigenvalue weighted by Crippen LogP contribution is 2.24. The molecular formula is C30H19F7N6O6. The third kappa shape index (κ3) is 11.8. The quantitative estimate of drug-likeness (QED) is 0.121. The van der Waals surface area contributed by atoms with Gasteiger partial charge >= 0.3 is 30.1 Å². The number of nitrogens with zero attached hydrogens (tertiary/aromatic N) is 2. The molecule has 0 saturated heterocycles. The second-order valence-corrected chi connectivity index (χ2v) is 8.91. The van der Waals surface area contributed by atoms with Crippen molar-refractivity contribution in [2.45, 2.75) is 12.4 Å². The largest absolute Gasteiger partial charge is 0.475 e. The molecule has 0 aliphatic heterocycles. The minimum absolute atomic E-state index is 0.0231. The van der Waals surface area contributed by atoms with Gasteiger partial charge in [0, 0.05) is 11.4 Å². The van der Waals surface area contributed by atoms with Crippen LogP contribution in [0.2, 0.25) is 0 Å². The first-order valence-corrected chi connectivity index (χ1v) is 12.8. The fourth-order valence-corrected chi connectivity index (χ4v) is 3.22. The maximum Gasteiger partial charge on any atom is 0.471 e. The van der Waals surface area contributed by atoms with Crippen LogP contribution in [0.1, 0.15) is 32.0 Å². The fraction of sp³-hybridized carbons (Fsp3) is 0.0667. The standard InChI is InChI=1S/C16H9F4N3O2.C9H6F3N3O.C5H4O3/c17-12-4-2-1-3-11(12)14(24)22-10-5-6-13(9(7-10)8-21)23-15(25)16(18,19)20;10-9(11,12)8(16)15-7-2-1-6(14)3-5(7)4-13;6-5(7)4-2-1-3-8-4/h1-7H,(H,22,24)(H,23,25);1-3H,14H2,(H,15,16);1-3H,(H,6,7). The molecule has 0 aliphatic carbocycles. The second kappa shape index (κ2) is 16.6. The average Bonchev–Trinajstić information content (AvgIpc) is 3.58. The molecule has 0 atom stereocenters. The van der Waals surface area contributed by atoms with Gasteiger partial charge in [0.2, 0.25) is 5.76 Å². The number of alkyl halides is 6. The molecule has 0 bridgehead atoms. The maximum absolute atomic E-state index is 13.5. The summed E-state index contributed by atoms with van der Waals surface area (Å²) in [4.78, 5) is 43.5. The van der Waals surface area contributed by atoms with Crippen LogP contribution in [0.3, 0.4) is 0 Å². The number of carboxylic acid groups (broad SMARTS) is 1. The van der Waals surface area contributed by atoms with Crippen LogP contribution in [-0.4, -0.2) is 41.1 Å². The first-order chi connectivity index (χ1) is 22.9. The van der Waals surface area contributed by atoms with Crippen LogP contribution in [0, 0.1) is 28.5 Å². The minimum atomic E-state index is -5.11. The normalized spacial score (nSPS) is 10.4. The van der Waals surface area contributed by atoms with Gasteiger partial charge in [-0.1, -0.05) is 12.1 Å². The summed E-state index contributed by atoms with van der Waals surface area (Å²) in [6, 6.07) is 18.2. The van der Waals surface area contributed by atoms with E-state index in [1.807, 2.05) is 0 Å². The van der Waals surface area contributed by atoms with Gasteiger partial charge in [0.05, 0.1) is 34.3 Å². The molecule has 49 heavy (non-hydrogen) atoms. The number of halogens is 7. The molecule has 0 radical (unpaired) electrons. The number of nitrogens with two attached hydrogens (primary N) is 1. The molecule has 6 N–H and O–H groups in total. The summed E-state index contributed by atoms with van der Waals surface area (Å²) in [5.41, 5.74) is 4.35. The molecule has 3 amide bonds. The number of rotatable bonds is 5. The van der Waals surface area contributed by atoms with E-state index in [1.54, 1.807) is 22.8 Å². The second-order valence-electron chi connectivity index (χ2n) is 8.91. The van der Waals surface area contributed by atoms with E-state index < -0.39 is 41.9 Å². The molecule has 4 aromatic rings. The Morgan fingerprint density at radius 1 is 0.735 bits per heavy atom. The van der Waals surface area contributed by atoms with Crippen LogP contribution in [0.25, 0.3) is 0 Å². The topological polar surface area (TPSA) is 211 Å². The van der Waals surface area contributed by atoms with E-state index in [0.717, 1.165) is 24.3 Å². The van der Waals surface area contributed by atoms with Gasteiger partial charge in [0.15, 0.2) is 0 Å². The molecule has 0 aliphatic rings. The molecule has 12 nitrogen and oxygen atoms in total. The molecule has 254 valence electrons. The Bertz CT molecular complexity index is 1910. The number of nitrogens with one attached hydrogen (secondary N) is 3. The first-order valence-electron chi connectivity index (χ1n) is 12.8. The molecule has 1 heterocycles. The van der Waals surface area contributed by atoms with Crippen molar-refractivity contribution < 1.29 is 59.4 Å². The molecule has 1 aromatic heterocycles. The molecule has 19 heteroatoms. The van der Waals surface area contributed by atoms with Crippen molar-refractivity contribution in [3.63, 3.8) is 0 Å². The number of aromatic carboxylic acids is 1. The highest BCUT2D eigenvalue weighted by Gasteiger charge is 2.39. The van der Waals surface area contributed by atoms with Crippen molar-refractivity contribution in [1.82, 2.24) is 0 Å². The van der Waals surface area contributed by atoms with Gasteiger partial charge in [-0.2, -0.15) is 36.9 Å². The van der Waals surface area contributed by atoms with Crippen LogP contribution < -0.4 is 21.7 Å². The molecule has 3 aromatic carbocycles. The lowest BCUT2D eigenvalue weighted by Crippen LogP contribution is -2.30. The van der Waals surface area contributed by atoms with E-state index in [-0.39, 0.29) is 45.2 Å². The lowest BCUT2D eigenvalue weighted by atomic mass is 10.1. The third-order valence-electron chi connectivity index (χ3n) is 5.42. The number of nitrogen functional groups attached to an aromatic ring is 1. The van der Waals surface area contributed by atoms with E-state index in [2.05, 4.69) is 9.73 Å². The summed E-state index contributed by atoms with van der Waals surface area (Å²) in [6.45, 7) is 0. The number of carboxylic acids is 1. The Morgan fingerprint density at radius 2 is 1.27 bits per heavy atom. The Labute approximate surface area is 270 Å². The molecule has 0 spiro atoms. The van der Waals surface area contributed by atoms with Gasteiger partial charge in [-0.3, -0.25) is 14.4 Å². The molecule has 4 rings (SSSR count). The Morgan fingerprint density at radius 3 is 1.71 bits per heavy atom. The van der Waals surface area contributed by atoms with Gasteiger partial charge in [-0.15, -0.1) is 0 Å². The van der Waals surface area contributed by atoms with Crippen molar-refractivity contribution >= 4 is 46.4 Å². The molecular weight excluding hydrogens is 673 g/mol. The average molecular weight is 693 g/mol. The van der Waals surface area contributed by atoms with Crippen LogP contribution >= 0.6 is 0 Å². The highest BCUT2D eigenvalue weighted by molar-refractivity contribution is 6.05. The van der Waals surface area contributed by atoms with Gasteiger partial charge < -0.3 is 31.2 Å². The van der Waals surface area contributed by atoms with Crippen molar-refractivity contribution in [2.75, 3.05) is 21.7 Å². The summed E-state index contributed by atoms with van der Waals surface area (Å²) < 4.78 is 90.6. The lowest BCUT2D eigenvalue weighted by Gasteiger charge is -2.11. The zero-order valence-corrected chi connectivity index (χ0v) is 24.1. The number of benzene rings is 3. The van der Waals surface area contributed by atoms with Crippen LogP contribution in [-0.2, 0) is 9.59 Å². The molecule has 0 unspecified atom stereocenters. The van der Waals surface area contributed by atoms with Crippen molar-refractivity contribution in [1.29, 1.82) is 10.5 Å². The summed E-state index contributed by atoms with van der Waals surface area (Å²) in [5, 5.41) is 31.3. The minimum Gasteiger partial charge on any atom is -0.475 e. The van der Waals surface area contributed by atoms with E-state index in [9.17, 15) is 49.9 Å².